The zero-order valence-corrected chi connectivity index (χ0v) is 11.4. The molecule has 1 aliphatic carbocycles. The first-order valence-electron chi connectivity index (χ1n) is 6.17. The monoisotopic (exact) mass is 261 g/mol. The zero-order valence-electron chi connectivity index (χ0n) is 10.6. The lowest BCUT2D eigenvalue weighted by Gasteiger charge is -2.26. The number of carbonyl (C=O) groups is 1. The van der Waals surface area contributed by atoms with Crippen LogP contribution in [-0.4, -0.2) is 45.9 Å². The number of thioether (sulfide) groups is 1. The molecule has 1 aliphatic rings. The normalized spacial score (nSPS) is 20.9. The molecule has 0 aliphatic heterocycles. The lowest BCUT2D eigenvalue weighted by molar-refractivity contribution is -0.144. The molecule has 2 atom stereocenters. The summed E-state index contributed by atoms with van der Waals surface area (Å²) in [5.41, 5.74) is -0.795. The van der Waals surface area contributed by atoms with Gasteiger partial charge in [-0.05, 0) is 43.6 Å². The van der Waals surface area contributed by atoms with Crippen LogP contribution in [-0.2, 0) is 4.79 Å². The van der Waals surface area contributed by atoms with E-state index in [1.807, 2.05) is 6.92 Å². The van der Waals surface area contributed by atoms with E-state index in [1.165, 1.54) is 0 Å². The first-order valence-corrected chi connectivity index (χ1v) is 7.33. The van der Waals surface area contributed by atoms with E-state index in [4.69, 9.17) is 5.11 Å². The van der Waals surface area contributed by atoms with Gasteiger partial charge in [0.15, 0.2) is 0 Å². The average molecular weight is 261 g/mol. The maximum absolute atomic E-state index is 11.3. The molecule has 2 unspecified atom stereocenters. The first-order chi connectivity index (χ1) is 7.98. The molecule has 0 aromatic carbocycles. The lowest BCUT2D eigenvalue weighted by atomic mass is 9.99. The molecule has 0 bridgehead atoms. The molecule has 1 saturated carbocycles. The molecular formula is C12H23NO3S. The minimum Gasteiger partial charge on any atom is -0.480 e. The van der Waals surface area contributed by atoms with Crippen LogP contribution < -0.4 is 5.32 Å². The van der Waals surface area contributed by atoms with E-state index in [1.54, 1.807) is 18.7 Å². The number of aliphatic hydroxyl groups is 1. The number of aliphatic hydroxyl groups excluding tert-OH is 1. The fourth-order valence-corrected chi connectivity index (χ4v) is 2.76. The van der Waals surface area contributed by atoms with Crippen LogP contribution in [0.25, 0.3) is 0 Å². The van der Waals surface area contributed by atoms with Gasteiger partial charge in [0, 0.05) is 12.6 Å². The fourth-order valence-electron chi connectivity index (χ4n) is 1.53. The molecule has 0 aromatic rings. The van der Waals surface area contributed by atoms with Gasteiger partial charge in [-0.25, -0.2) is 0 Å². The van der Waals surface area contributed by atoms with E-state index in [0.29, 0.717) is 12.5 Å². The van der Waals surface area contributed by atoms with Crippen molar-refractivity contribution >= 4 is 17.7 Å². The SMILES string of the molecule is CC(CO)CSCCC(C)(NC1CC1)C(=O)O. The van der Waals surface area contributed by atoms with Crippen molar-refractivity contribution in [3.8, 4) is 0 Å². The van der Waals surface area contributed by atoms with Crippen molar-refractivity contribution in [1.29, 1.82) is 0 Å². The van der Waals surface area contributed by atoms with Gasteiger partial charge in [0.2, 0.25) is 0 Å². The summed E-state index contributed by atoms with van der Waals surface area (Å²) < 4.78 is 0. The Bertz CT molecular complexity index is 258. The van der Waals surface area contributed by atoms with E-state index in [-0.39, 0.29) is 12.5 Å². The Kier molecular flexibility index (Phi) is 5.76. The van der Waals surface area contributed by atoms with Gasteiger partial charge in [0.05, 0.1) is 0 Å². The highest BCUT2D eigenvalue weighted by atomic mass is 32.2. The molecule has 17 heavy (non-hydrogen) atoms. The number of carboxylic acid groups (broad SMARTS) is 1. The summed E-state index contributed by atoms with van der Waals surface area (Å²) in [5, 5.41) is 21.3. The minimum atomic E-state index is -0.795. The Morgan fingerprint density at radius 1 is 1.59 bits per heavy atom. The maximum atomic E-state index is 11.3. The standard InChI is InChI=1S/C12H23NO3S/c1-9(7-14)8-17-6-5-12(2,11(15)16)13-10-3-4-10/h9-10,13-14H,3-8H2,1-2H3,(H,15,16). The van der Waals surface area contributed by atoms with Crippen LogP contribution >= 0.6 is 11.8 Å². The van der Waals surface area contributed by atoms with Crippen LogP contribution in [0, 0.1) is 5.92 Å². The molecule has 0 heterocycles. The molecule has 0 saturated heterocycles. The van der Waals surface area contributed by atoms with E-state index in [2.05, 4.69) is 5.32 Å². The molecule has 5 heteroatoms. The maximum Gasteiger partial charge on any atom is 0.323 e. The van der Waals surface area contributed by atoms with Crippen LogP contribution in [0.5, 0.6) is 0 Å². The van der Waals surface area contributed by atoms with Crippen LogP contribution in [0.1, 0.15) is 33.1 Å². The van der Waals surface area contributed by atoms with Gasteiger partial charge in [-0.15, -0.1) is 0 Å². The summed E-state index contributed by atoms with van der Waals surface area (Å²) in [6.07, 6.45) is 2.82. The van der Waals surface area contributed by atoms with Crippen LogP contribution in [0.3, 0.4) is 0 Å². The average Bonchev–Trinajstić information content (AvgIpc) is 3.07. The topological polar surface area (TPSA) is 69.6 Å². The quantitative estimate of drug-likeness (QED) is 0.546. The second-order valence-corrected chi connectivity index (χ2v) is 6.32. The third kappa shape index (κ3) is 5.27. The minimum absolute atomic E-state index is 0.198. The number of aliphatic carboxylic acids is 1. The van der Waals surface area contributed by atoms with Gasteiger partial charge >= 0.3 is 5.97 Å². The highest BCUT2D eigenvalue weighted by Crippen LogP contribution is 2.25. The molecular weight excluding hydrogens is 238 g/mol. The molecule has 0 spiro atoms. The van der Waals surface area contributed by atoms with E-state index >= 15 is 0 Å². The van der Waals surface area contributed by atoms with Gasteiger partial charge in [0.1, 0.15) is 5.54 Å². The van der Waals surface area contributed by atoms with Crippen molar-refractivity contribution in [3.63, 3.8) is 0 Å². The van der Waals surface area contributed by atoms with Gasteiger partial charge in [-0.3, -0.25) is 10.1 Å². The summed E-state index contributed by atoms with van der Waals surface area (Å²) >= 11 is 1.71. The second-order valence-electron chi connectivity index (χ2n) is 5.17. The molecule has 1 rings (SSSR count). The predicted molar refractivity (Wildman–Crippen MR) is 70.4 cm³/mol. The summed E-state index contributed by atoms with van der Waals surface area (Å²) in [6.45, 7) is 3.96. The van der Waals surface area contributed by atoms with Crippen LogP contribution in [0.4, 0.5) is 0 Å². The number of hydrogen-bond acceptors (Lipinski definition) is 4. The number of carboxylic acids is 1. The van der Waals surface area contributed by atoms with Crippen molar-refractivity contribution in [1.82, 2.24) is 5.32 Å². The zero-order chi connectivity index (χ0) is 12.9. The molecule has 0 amide bonds. The van der Waals surface area contributed by atoms with E-state index in [9.17, 15) is 9.90 Å². The van der Waals surface area contributed by atoms with Crippen molar-refractivity contribution in [2.75, 3.05) is 18.1 Å². The Morgan fingerprint density at radius 3 is 2.71 bits per heavy atom. The summed E-state index contributed by atoms with van der Waals surface area (Å²) in [4.78, 5) is 11.3. The highest BCUT2D eigenvalue weighted by molar-refractivity contribution is 7.99. The van der Waals surface area contributed by atoms with Crippen LogP contribution in [0.15, 0.2) is 0 Å². The van der Waals surface area contributed by atoms with Crippen molar-refractivity contribution in [2.24, 2.45) is 5.92 Å². The fraction of sp³-hybridized carbons (Fsp3) is 0.917. The Balaban J connectivity index is 2.26. The molecule has 0 aromatic heterocycles. The number of rotatable bonds is 9. The van der Waals surface area contributed by atoms with Crippen molar-refractivity contribution in [2.45, 2.75) is 44.7 Å². The van der Waals surface area contributed by atoms with E-state index in [0.717, 1.165) is 24.3 Å². The smallest absolute Gasteiger partial charge is 0.323 e. The Morgan fingerprint density at radius 2 is 2.24 bits per heavy atom. The van der Waals surface area contributed by atoms with Crippen molar-refractivity contribution < 1.29 is 15.0 Å². The second kappa shape index (κ2) is 6.61. The summed E-state index contributed by atoms with van der Waals surface area (Å²) in [6, 6.07) is 0.400. The summed E-state index contributed by atoms with van der Waals surface area (Å²) in [5.74, 6) is 1.22. The Labute approximate surface area is 107 Å². The van der Waals surface area contributed by atoms with Gasteiger partial charge in [-0.2, -0.15) is 11.8 Å². The largest absolute Gasteiger partial charge is 0.480 e. The molecule has 100 valence electrons. The lowest BCUT2D eigenvalue weighted by Crippen LogP contribution is -2.51. The molecule has 1 fully saturated rings. The third-order valence-electron chi connectivity index (χ3n) is 3.03. The van der Waals surface area contributed by atoms with Crippen LogP contribution in [0.2, 0.25) is 0 Å². The van der Waals surface area contributed by atoms with Gasteiger partial charge in [-0.1, -0.05) is 6.92 Å². The Hall–Kier alpha value is -0.260. The summed E-state index contributed by atoms with van der Waals surface area (Å²) in [7, 11) is 0. The van der Waals surface area contributed by atoms with Crippen molar-refractivity contribution in [3.05, 3.63) is 0 Å². The first kappa shape index (κ1) is 14.8. The predicted octanol–water partition coefficient (Wildman–Crippen LogP) is 1.33. The molecule has 0 radical (unpaired) electrons. The molecule has 4 nitrogen and oxygen atoms in total. The van der Waals surface area contributed by atoms with E-state index < -0.39 is 11.5 Å². The van der Waals surface area contributed by atoms with Gasteiger partial charge in [0.25, 0.3) is 0 Å². The van der Waals surface area contributed by atoms with Gasteiger partial charge < -0.3 is 10.2 Å². The highest BCUT2D eigenvalue weighted by Gasteiger charge is 2.37. The molecule has 3 N–H and O–H groups in total. The number of nitrogens with one attached hydrogen (secondary N) is 1. The number of hydrogen-bond donors (Lipinski definition) is 3. The third-order valence-corrected chi connectivity index (χ3v) is 4.33.